The topological polar surface area (TPSA) is 45.1 Å². The lowest BCUT2D eigenvalue weighted by molar-refractivity contribution is 0.311. The van der Waals surface area contributed by atoms with Crippen molar-refractivity contribution in [1.29, 1.82) is 0 Å². The first-order valence-corrected chi connectivity index (χ1v) is 4.59. The van der Waals surface area contributed by atoms with E-state index < -0.39 is 0 Å². The van der Waals surface area contributed by atoms with E-state index in [1.807, 2.05) is 30.3 Å². The van der Waals surface area contributed by atoms with Crippen LogP contribution in [0, 0.1) is 0 Å². The minimum Gasteiger partial charge on any atom is -0.395 e. The number of aromatic nitrogens is 1. The fourth-order valence-electron chi connectivity index (χ4n) is 1.37. The van der Waals surface area contributed by atoms with Gasteiger partial charge in [-0.05, 0) is 12.1 Å². The third-order valence-corrected chi connectivity index (χ3v) is 2.03. The molecule has 0 fully saturated rings. The molecule has 3 nitrogen and oxygen atoms in total. The lowest BCUT2D eigenvalue weighted by Crippen LogP contribution is -2.05. The number of nitrogens with zero attached hydrogens (tertiary/aromatic N) is 1. The van der Waals surface area contributed by atoms with Crippen LogP contribution in [-0.4, -0.2) is 23.2 Å². The Labute approximate surface area is 82.4 Å². The predicted molar refractivity (Wildman–Crippen MR) is 57.3 cm³/mol. The maximum Gasteiger partial charge on any atom is 0.0703 e. The number of aliphatic hydroxyl groups is 1. The van der Waals surface area contributed by atoms with E-state index in [2.05, 4.69) is 10.3 Å². The van der Waals surface area contributed by atoms with Crippen molar-refractivity contribution in [3.63, 3.8) is 0 Å². The number of hydrogen-bond donors (Lipinski definition) is 2. The minimum atomic E-state index is 0.132. The van der Waals surface area contributed by atoms with Gasteiger partial charge in [0.15, 0.2) is 0 Å². The van der Waals surface area contributed by atoms with Crippen molar-refractivity contribution in [2.24, 2.45) is 0 Å². The molecule has 72 valence electrons. The molecule has 1 aromatic heterocycles. The van der Waals surface area contributed by atoms with E-state index in [1.165, 1.54) is 0 Å². The molecule has 3 heteroatoms. The highest BCUT2D eigenvalue weighted by Gasteiger charge is 1.95. The van der Waals surface area contributed by atoms with E-state index in [0.717, 1.165) is 16.6 Å². The summed E-state index contributed by atoms with van der Waals surface area (Å²) < 4.78 is 0. The van der Waals surface area contributed by atoms with Gasteiger partial charge in [-0.15, -0.1) is 0 Å². The standard InChI is InChI=1S/C11H12N2O/c14-6-5-12-10-7-9-3-1-2-4-11(9)13-8-10/h1-4,7-8,12,14H,5-6H2. The van der Waals surface area contributed by atoms with Crippen molar-refractivity contribution >= 4 is 16.6 Å². The van der Waals surface area contributed by atoms with E-state index in [1.54, 1.807) is 6.20 Å². The SMILES string of the molecule is OCCNc1cnc2ccccc2c1. The van der Waals surface area contributed by atoms with Gasteiger partial charge in [0, 0.05) is 11.9 Å². The van der Waals surface area contributed by atoms with Crippen molar-refractivity contribution in [2.45, 2.75) is 0 Å². The van der Waals surface area contributed by atoms with Gasteiger partial charge >= 0.3 is 0 Å². The number of pyridine rings is 1. The quantitative estimate of drug-likeness (QED) is 0.769. The van der Waals surface area contributed by atoms with Crippen LogP contribution < -0.4 is 5.32 Å². The molecule has 14 heavy (non-hydrogen) atoms. The zero-order valence-electron chi connectivity index (χ0n) is 7.77. The molecule has 1 aromatic carbocycles. The fraction of sp³-hybridized carbons (Fsp3) is 0.182. The fourth-order valence-corrected chi connectivity index (χ4v) is 1.37. The molecule has 0 aliphatic rings. The van der Waals surface area contributed by atoms with Gasteiger partial charge in [0.1, 0.15) is 0 Å². The molecule has 0 saturated heterocycles. The van der Waals surface area contributed by atoms with Crippen LogP contribution in [0.2, 0.25) is 0 Å². The number of fused-ring (bicyclic) bond motifs is 1. The van der Waals surface area contributed by atoms with Gasteiger partial charge in [-0.3, -0.25) is 4.98 Å². The summed E-state index contributed by atoms with van der Waals surface area (Å²) in [5.41, 5.74) is 1.93. The molecule has 0 aliphatic heterocycles. The van der Waals surface area contributed by atoms with E-state index in [-0.39, 0.29) is 6.61 Å². The Morgan fingerprint density at radius 2 is 2.14 bits per heavy atom. The molecule has 0 aliphatic carbocycles. The summed E-state index contributed by atoms with van der Waals surface area (Å²) in [7, 11) is 0. The smallest absolute Gasteiger partial charge is 0.0703 e. The number of hydrogen-bond acceptors (Lipinski definition) is 3. The predicted octanol–water partition coefficient (Wildman–Crippen LogP) is 1.64. The molecular weight excluding hydrogens is 176 g/mol. The molecule has 2 N–H and O–H groups in total. The zero-order chi connectivity index (χ0) is 9.80. The Hall–Kier alpha value is -1.61. The molecule has 0 unspecified atom stereocenters. The summed E-state index contributed by atoms with van der Waals surface area (Å²) in [6, 6.07) is 9.98. The summed E-state index contributed by atoms with van der Waals surface area (Å²) in [4.78, 5) is 4.29. The van der Waals surface area contributed by atoms with E-state index in [9.17, 15) is 0 Å². The second kappa shape index (κ2) is 4.07. The first-order chi connectivity index (χ1) is 6.90. The Morgan fingerprint density at radius 1 is 1.29 bits per heavy atom. The Balaban J connectivity index is 2.32. The number of anilines is 1. The molecular formula is C11H12N2O. The highest BCUT2D eigenvalue weighted by Crippen LogP contribution is 2.15. The summed E-state index contributed by atoms with van der Waals surface area (Å²) in [6.07, 6.45) is 1.78. The van der Waals surface area contributed by atoms with Gasteiger partial charge in [0.2, 0.25) is 0 Å². The van der Waals surface area contributed by atoms with Crippen molar-refractivity contribution in [2.75, 3.05) is 18.5 Å². The number of aliphatic hydroxyl groups excluding tert-OH is 1. The molecule has 0 radical (unpaired) electrons. The first kappa shape index (κ1) is 8.97. The molecule has 2 rings (SSSR count). The maximum absolute atomic E-state index is 8.66. The Kier molecular flexibility index (Phi) is 2.60. The second-order valence-corrected chi connectivity index (χ2v) is 3.07. The van der Waals surface area contributed by atoms with Crippen LogP contribution in [0.3, 0.4) is 0 Å². The minimum absolute atomic E-state index is 0.132. The molecule has 0 bridgehead atoms. The van der Waals surface area contributed by atoms with Crippen LogP contribution in [0.15, 0.2) is 36.5 Å². The average molecular weight is 188 g/mol. The van der Waals surface area contributed by atoms with Crippen LogP contribution in [0.4, 0.5) is 5.69 Å². The third kappa shape index (κ3) is 1.83. The van der Waals surface area contributed by atoms with E-state index in [0.29, 0.717) is 6.54 Å². The lowest BCUT2D eigenvalue weighted by atomic mass is 10.2. The largest absolute Gasteiger partial charge is 0.395 e. The number of rotatable bonds is 3. The van der Waals surface area contributed by atoms with Gasteiger partial charge in [0.25, 0.3) is 0 Å². The third-order valence-electron chi connectivity index (χ3n) is 2.03. The van der Waals surface area contributed by atoms with Crippen LogP contribution in [0.5, 0.6) is 0 Å². The Morgan fingerprint density at radius 3 is 3.00 bits per heavy atom. The van der Waals surface area contributed by atoms with Crippen molar-refractivity contribution in [3.05, 3.63) is 36.5 Å². The van der Waals surface area contributed by atoms with Crippen molar-refractivity contribution in [1.82, 2.24) is 4.98 Å². The second-order valence-electron chi connectivity index (χ2n) is 3.07. The monoisotopic (exact) mass is 188 g/mol. The zero-order valence-corrected chi connectivity index (χ0v) is 7.77. The van der Waals surface area contributed by atoms with E-state index in [4.69, 9.17) is 5.11 Å². The summed E-state index contributed by atoms with van der Waals surface area (Å²) in [5.74, 6) is 0. The highest BCUT2D eigenvalue weighted by atomic mass is 16.3. The van der Waals surface area contributed by atoms with Crippen molar-refractivity contribution < 1.29 is 5.11 Å². The van der Waals surface area contributed by atoms with Gasteiger partial charge in [-0.2, -0.15) is 0 Å². The highest BCUT2D eigenvalue weighted by molar-refractivity contribution is 5.81. The first-order valence-electron chi connectivity index (χ1n) is 4.59. The van der Waals surface area contributed by atoms with Crippen LogP contribution in [-0.2, 0) is 0 Å². The van der Waals surface area contributed by atoms with Crippen LogP contribution in [0.25, 0.3) is 10.9 Å². The van der Waals surface area contributed by atoms with Gasteiger partial charge < -0.3 is 10.4 Å². The molecule has 0 spiro atoms. The molecule has 0 atom stereocenters. The van der Waals surface area contributed by atoms with E-state index >= 15 is 0 Å². The van der Waals surface area contributed by atoms with Gasteiger partial charge in [0.05, 0.1) is 24.0 Å². The number of nitrogens with one attached hydrogen (secondary N) is 1. The van der Waals surface area contributed by atoms with Crippen LogP contribution >= 0.6 is 0 Å². The number of para-hydroxylation sites is 1. The normalized spacial score (nSPS) is 10.4. The van der Waals surface area contributed by atoms with Gasteiger partial charge in [-0.25, -0.2) is 0 Å². The molecule has 2 aromatic rings. The summed E-state index contributed by atoms with van der Waals surface area (Å²) >= 11 is 0. The van der Waals surface area contributed by atoms with Crippen LogP contribution in [0.1, 0.15) is 0 Å². The summed E-state index contributed by atoms with van der Waals surface area (Å²) in [5, 5.41) is 12.8. The van der Waals surface area contributed by atoms with Gasteiger partial charge in [-0.1, -0.05) is 18.2 Å². The Bertz CT molecular complexity index is 428. The molecule has 1 heterocycles. The summed E-state index contributed by atoms with van der Waals surface area (Å²) in [6.45, 7) is 0.687. The lowest BCUT2D eigenvalue weighted by Gasteiger charge is -2.04. The molecule has 0 amide bonds. The molecule has 0 saturated carbocycles. The maximum atomic E-state index is 8.66. The van der Waals surface area contributed by atoms with Crippen molar-refractivity contribution in [3.8, 4) is 0 Å². The average Bonchev–Trinajstić information content (AvgIpc) is 2.26. The number of benzene rings is 1.